The van der Waals surface area contributed by atoms with Crippen molar-refractivity contribution in [2.24, 2.45) is 23.7 Å². The number of carbonyl (C=O) groups excluding carboxylic acids is 3. The molecule has 0 amide bonds. The fraction of sp³-hybridized carbons (Fsp3) is 0.844. The summed E-state index contributed by atoms with van der Waals surface area (Å²) in [7, 11) is 6.40. The van der Waals surface area contributed by atoms with Gasteiger partial charge in [-0.15, -0.1) is 0 Å². The molecule has 21 atom stereocenters. The molecule has 0 saturated carbocycles. The van der Waals surface area contributed by atoms with Gasteiger partial charge in [0.25, 0.3) is 0 Å². The topological polar surface area (TPSA) is 239 Å². The van der Waals surface area contributed by atoms with Crippen molar-refractivity contribution < 1.29 is 82.5 Å². The molecule has 3 fully saturated rings. The quantitative estimate of drug-likeness (QED) is 0.138. The zero-order valence-electron chi connectivity index (χ0n) is 39.0. The summed E-state index contributed by atoms with van der Waals surface area (Å²) in [4.78, 5) is 42.0. The first-order valence-electron chi connectivity index (χ1n) is 22.2. The fourth-order valence-corrected chi connectivity index (χ4v) is 9.19. The van der Waals surface area contributed by atoms with Crippen LogP contribution in [0.5, 0.6) is 0 Å². The van der Waals surface area contributed by atoms with E-state index in [1.165, 1.54) is 27.2 Å². The molecule has 0 radical (unpaired) electrons. The first kappa shape index (κ1) is 53.3. The second-order valence-electron chi connectivity index (χ2n) is 18.4. The highest BCUT2D eigenvalue weighted by Crippen LogP contribution is 2.37. The van der Waals surface area contributed by atoms with Gasteiger partial charge in [0, 0.05) is 44.3 Å². The van der Waals surface area contributed by atoms with Gasteiger partial charge >= 0.3 is 5.97 Å². The largest absolute Gasteiger partial charge is 0.462 e. The molecule has 0 spiro atoms. The molecule has 0 aromatic carbocycles. The molecule has 0 bridgehead atoms. The molecule has 362 valence electrons. The molecular formula is C45H75NO17. The average Bonchev–Trinajstić information content (AvgIpc) is 3.22. The van der Waals surface area contributed by atoms with Gasteiger partial charge in [0.05, 0.1) is 55.2 Å². The van der Waals surface area contributed by atoms with E-state index in [9.17, 15) is 39.9 Å². The van der Waals surface area contributed by atoms with E-state index in [1.807, 2.05) is 13.0 Å². The van der Waals surface area contributed by atoms with Crippen molar-refractivity contribution in [3.63, 3.8) is 0 Å². The molecule has 4 aliphatic rings. The number of methoxy groups -OCH3 is 2. The Labute approximate surface area is 372 Å². The van der Waals surface area contributed by atoms with Gasteiger partial charge in [0.15, 0.2) is 24.7 Å². The highest BCUT2D eigenvalue weighted by molar-refractivity contribution is 5.92. The van der Waals surface area contributed by atoms with Crippen LogP contribution in [0.2, 0.25) is 0 Å². The number of aliphatic hydroxyl groups excluding tert-OH is 4. The SMILES string of the molecule is CCC1OC(=O)CC(O)C(C)C(OC2OC(C)C(OC3C[C@@](C)(O)C(O)C(C)O3)C(N(C)C)C2O)C(C=O)CC(C)C(=O)C=CC(C)=CC1COC1OC(C)C(O)C(OC)C1OC. The minimum atomic E-state index is -1.49. The lowest BCUT2D eigenvalue weighted by molar-refractivity contribution is -0.341. The number of rotatable bonds is 12. The van der Waals surface area contributed by atoms with Gasteiger partial charge in [-0.25, -0.2) is 0 Å². The summed E-state index contributed by atoms with van der Waals surface area (Å²) in [5, 5.41) is 55.5. The summed E-state index contributed by atoms with van der Waals surface area (Å²) in [5.74, 6) is -4.14. The number of aliphatic hydroxyl groups is 5. The third-order valence-electron chi connectivity index (χ3n) is 13.1. The molecule has 4 heterocycles. The van der Waals surface area contributed by atoms with Gasteiger partial charge in [-0.3, -0.25) is 9.59 Å². The van der Waals surface area contributed by atoms with Crippen molar-refractivity contribution >= 4 is 18.0 Å². The predicted octanol–water partition coefficient (Wildman–Crippen LogP) is 1.44. The van der Waals surface area contributed by atoms with Gasteiger partial charge < -0.3 is 77.9 Å². The predicted molar refractivity (Wildman–Crippen MR) is 226 cm³/mol. The zero-order valence-corrected chi connectivity index (χ0v) is 39.0. The molecule has 18 heteroatoms. The normalized spacial score (nSPS) is 45.1. The Morgan fingerprint density at radius 2 is 1.51 bits per heavy atom. The van der Waals surface area contributed by atoms with Crippen LogP contribution in [0.4, 0.5) is 0 Å². The van der Waals surface area contributed by atoms with E-state index in [1.54, 1.807) is 66.6 Å². The molecule has 3 saturated heterocycles. The molecule has 4 aliphatic heterocycles. The van der Waals surface area contributed by atoms with Crippen LogP contribution in [-0.2, 0) is 57.0 Å². The van der Waals surface area contributed by atoms with Crippen molar-refractivity contribution in [2.75, 3.05) is 34.9 Å². The molecule has 0 aromatic rings. The number of allylic oxidation sites excluding steroid dienone is 3. The lowest BCUT2D eigenvalue weighted by Crippen LogP contribution is -2.65. The minimum Gasteiger partial charge on any atom is -0.462 e. The molecule has 0 aromatic heterocycles. The summed E-state index contributed by atoms with van der Waals surface area (Å²) in [5.41, 5.74) is -0.826. The second kappa shape index (κ2) is 23.5. The zero-order chi connectivity index (χ0) is 47.1. The van der Waals surface area contributed by atoms with Gasteiger partial charge in [0.1, 0.15) is 49.0 Å². The number of hydrogen-bond donors (Lipinski definition) is 5. The minimum absolute atomic E-state index is 0.0117. The highest BCUT2D eigenvalue weighted by Gasteiger charge is 2.52. The van der Waals surface area contributed by atoms with E-state index in [0.717, 1.165) is 0 Å². The number of hydrogen-bond acceptors (Lipinski definition) is 18. The smallest absolute Gasteiger partial charge is 0.308 e. The van der Waals surface area contributed by atoms with Crippen LogP contribution < -0.4 is 0 Å². The molecule has 4 rings (SSSR count). The molecule has 20 unspecified atom stereocenters. The molecule has 0 aliphatic carbocycles. The van der Waals surface area contributed by atoms with E-state index in [4.69, 9.17) is 42.6 Å². The number of cyclic esters (lactones) is 1. The number of nitrogens with zero attached hydrogens (tertiary/aromatic N) is 1. The number of carbonyl (C=O) groups is 3. The monoisotopic (exact) mass is 902 g/mol. The number of likely N-dealkylation sites (N-methyl/N-ethyl adjacent to an activating group) is 1. The third kappa shape index (κ3) is 13.2. The van der Waals surface area contributed by atoms with E-state index in [-0.39, 0.29) is 25.2 Å². The summed E-state index contributed by atoms with van der Waals surface area (Å²) < 4.78 is 54.4. The van der Waals surface area contributed by atoms with Crippen LogP contribution in [0.25, 0.3) is 0 Å². The van der Waals surface area contributed by atoms with Crippen molar-refractivity contribution in [1.29, 1.82) is 0 Å². The summed E-state index contributed by atoms with van der Waals surface area (Å²) in [6.45, 7) is 13.5. The number of ether oxygens (including phenoxy) is 9. The summed E-state index contributed by atoms with van der Waals surface area (Å²) in [6, 6.07) is -0.767. The second-order valence-corrected chi connectivity index (χ2v) is 18.4. The number of esters is 1. The Hall–Kier alpha value is -2.27. The van der Waals surface area contributed by atoms with Gasteiger partial charge in [-0.05, 0) is 67.6 Å². The van der Waals surface area contributed by atoms with Crippen molar-refractivity contribution in [1.82, 2.24) is 4.90 Å². The Kier molecular flexibility index (Phi) is 19.9. The van der Waals surface area contributed by atoms with Crippen LogP contribution in [-0.4, -0.2) is 187 Å². The van der Waals surface area contributed by atoms with Crippen LogP contribution in [0.15, 0.2) is 23.8 Å². The maximum absolute atomic E-state index is 13.7. The van der Waals surface area contributed by atoms with Crippen molar-refractivity contribution in [3.8, 4) is 0 Å². The summed E-state index contributed by atoms with van der Waals surface area (Å²) >= 11 is 0. The van der Waals surface area contributed by atoms with Gasteiger partial charge in [-0.2, -0.15) is 0 Å². The van der Waals surface area contributed by atoms with Crippen LogP contribution in [0, 0.1) is 23.7 Å². The molecule has 5 N–H and O–H groups in total. The van der Waals surface area contributed by atoms with E-state index < -0.39 is 140 Å². The Morgan fingerprint density at radius 1 is 0.857 bits per heavy atom. The van der Waals surface area contributed by atoms with E-state index in [0.29, 0.717) is 18.3 Å². The van der Waals surface area contributed by atoms with Crippen LogP contribution in [0.1, 0.15) is 81.1 Å². The lowest BCUT2D eigenvalue weighted by Gasteiger charge is -2.50. The molecule has 18 nitrogen and oxygen atoms in total. The van der Waals surface area contributed by atoms with Crippen molar-refractivity contribution in [2.45, 2.75) is 185 Å². The third-order valence-corrected chi connectivity index (χ3v) is 13.1. The first-order valence-corrected chi connectivity index (χ1v) is 22.2. The van der Waals surface area contributed by atoms with Crippen molar-refractivity contribution in [3.05, 3.63) is 23.8 Å². The summed E-state index contributed by atoms with van der Waals surface area (Å²) in [6.07, 6.45) is -9.08. The average molecular weight is 902 g/mol. The van der Waals surface area contributed by atoms with Crippen LogP contribution >= 0.6 is 0 Å². The van der Waals surface area contributed by atoms with Gasteiger partial charge in [0.2, 0.25) is 0 Å². The van der Waals surface area contributed by atoms with E-state index >= 15 is 0 Å². The lowest BCUT2D eigenvalue weighted by atomic mass is 9.81. The van der Waals surface area contributed by atoms with Gasteiger partial charge in [-0.1, -0.05) is 38.5 Å². The van der Waals surface area contributed by atoms with Crippen LogP contribution in [0.3, 0.4) is 0 Å². The van der Waals surface area contributed by atoms with E-state index in [2.05, 4.69) is 0 Å². The fourth-order valence-electron chi connectivity index (χ4n) is 9.19. The molecular weight excluding hydrogens is 826 g/mol. The Bertz CT molecular complexity index is 1540. The number of ketones is 1. The molecule has 63 heavy (non-hydrogen) atoms. The maximum Gasteiger partial charge on any atom is 0.308 e. The Morgan fingerprint density at radius 3 is 2.10 bits per heavy atom. The first-order chi connectivity index (χ1) is 29.6. The highest BCUT2D eigenvalue weighted by atomic mass is 16.7. The maximum atomic E-state index is 13.7. The Balaban J connectivity index is 1.60. The standard InChI is InChI=1S/C45H75NO17/c1-13-32-29(21-57-44-41(56-12)40(55-11)36(51)25(5)59-44)16-22(2)14-15-30(48)23(3)17-28(20-47)38(24(4)31(49)18-33(50)61-32)63-43-37(52)35(46(9)10)39(26(6)60-43)62-34-19-45(8,54)42(53)27(7)58-34/h14-16,20,23-29,31-32,34-44,49,51-54H,13,17-19,21H2,1-12H3/t23?,24?,25?,26?,27?,28?,29?,31?,32?,34?,35?,36?,37?,38?,39?,40?,41?,42?,43?,44?,45-/m1/s1. The number of aldehydes is 1.